The molecule has 0 bridgehead atoms. The molecule has 0 amide bonds. The van der Waals surface area contributed by atoms with E-state index in [4.69, 9.17) is 9.99 Å². The van der Waals surface area contributed by atoms with Crippen molar-refractivity contribution in [2.75, 3.05) is 6.61 Å². The summed E-state index contributed by atoms with van der Waals surface area (Å²) in [5.41, 5.74) is 2.65. The third-order valence-electron chi connectivity index (χ3n) is 3.37. The Morgan fingerprint density at radius 2 is 2.14 bits per heavy atom. The summed E-state index contributed by atoms with van der Waals surface area (Å²) < 4.78 is 5.82. The zero-order valence-electron chi connectivity index (χ0n) is 12.5. The van der Waals surface area contributed by atoms with Gasteiger partial charge in [-0.15, -0.1) is 0 Å². The van der Waals surface area contributed by atoms with Crippen molar-refractivity contribution in [2.24, 2.45) is 0 Å². The molecule has 0 spiro atoms. The molecule has 0 saturated heterocycles. The van der Waals surface area contributed by atoms with Gasteiger partial charge >= 0.3 is 0 Å². The van der Waals surface area contributed by atoms with E-state index in [0.29, 0.717) is 13.0 Å². The molecule has 0 fully saturated rings. The molecule has 0 aliphatic heterocycles. The van der Waals surface area contributed by atoms with Gasteiger partial charge in [0.2, 0.25) is 0 Å². The van der Waals surface area contributed by atoms with Gasteiger partial charge in [0.1, 0.15) is 17.4 Å². The van der Waals surface area contributed by atoms with E-state index >= 15 is 0 Å². The molecule has 1 atom stereocenters. The number of aryl methyl sites for hydroxylation is 1. The molecular formula is C17H21NO3. The Labute approximate surface area is 125 Å². The van der Waals surface area contributed by atoms with Gasteiger partial charge in [0.15, 0.2) is 0 Å². The topological polar surface area (TPSA) is 51.6 Å². The summed E-state index contributed by atoms with van der Waals surface area (Å²) in [4.78, 5) is 8.91. The number of hydrogen-bond acceptors (Lipinski definition) is 4. The van der Waals surface area contributed by atoms with Crippen molar-refractivity contribution in [3.8, 4) is 5.75 Å². The van der Waals surface area contributed by atoms with Gasteiger partial charge in [-0.1, -0.05) is 24.8 Å². The standard InChI is InChI=1S/C17H21NO3/c1-12(2)15(21-19)8-5-11-20-16-7-4-6-14-10-9-13(3)18-17(14)16/h4,6-7,9-10,15,19H,1,5,8,11H2,2-3H3. The molecule has 112 valence electrons. The minimum Gasteiger partial charge on any atom is -0.491 e. The average Bonchev–Trinajstić information content (AvgIpc) is 2.47. The Hall–Kier alpha value is -1.91. The highest BCUT2D eigenvalue weighted by molar-refractivity contribution is 5.84. The largest absolute Gasteiger partial charge is 0.491 e. The van der Waals surface area contributed by atoms with E-state index in [2.05, 4.69) is 16.5 Å². The van der Waals surface area contributed by atoms with Gasteiger partial charge in [-0.25, -0.2) is 9.87 Å². The maximum Gasteiger partial charge on any atom is 0.145 e. The van der Waals surface area contributed by atoms with Crippen LogP contribution in [0.25, 0.3) is 10.9 Å². The van der Waals surface area contributed by atoms with E-state index in [-0.39, 0.29) is 6.10 Å². The van der Waals surface area contributed by atoms with Crippen LogP contribution in [-0.2, 0) is 4.89 Å². The highest BCUT2D eigenvalue weighted by Crippen LogP contribution is 2.24. The van der Waals surface area contributed by atoms with Crippen LogP contribution in [0.1, 0.15) is 25.5 Å². The first-order valence-corrected chi connectivity index (χ1v) is 7.06. The summed E-state index contributed by atoms with van der Waals surface area (Å²) in [6.45, 7) is 8.12. The molecule has 1 unspecified atom stereocenters. The smallest absolute Gasteiger partial charge is 0.145 e. The number of rotatable bonds is 7. The van der Waals surface area contributed by atoms with Crippen LogP contribution >= 0.6 is 0 Å². The van der Waals surface area contributed by atoms with Crippen LogP contribution in [0.4, 0.5) is 0 Å². The first kappa shape index (κ1) is 15.5. The number of fused-ring (bicyclic) bond motifs is 1. The SMILES string of the molecule is C=C(C)C(CCCOc1cccc2ccc(C)nc12)OO. The maximum atomic E-state index is 8.77. The van der Waals surface area contributed by atoms with Crippen LogP contribution < -0.4 is 4.74 Å². The van der Waals surface area contributed by atoms with E-state index in [0.717, 1.165) is 34.3 Å². The van der Waals surface area contributed by atoms with E-state index in [1.165, 1.54) is 0 Å². The van der Waals surface area contributed by atoms with Crippen LogP contribution in [0.3, 0.4) is 0 Å². The quantitative estimate of drug-likeness (QED) is 0.360. The zero-order chi connectivity index (χ0) is 15.2. The van der Waals surface area contributed by atoms with Crippen molar-refractivity contribution >= 4 is 10.9 Å². The molecule has 2 rings (SSSR count). The predicted molar refractivity (Wildman–Crippen MR) is 83.5 cm³/mol. The monoisotopic (exact) mass is 287 g/mol. The minimum absolute atomic E-state index is 0.332. The molecule has 1 N–H and O–H groups in total. The molecule has 4 heteroatoms. The van der Waals surface area contributed by atoms with Crippen molar-refractivity contribution < 1.29 is 14.9 Å². The summed E-state index contributed by atoms with van der Waals surface area (Å²) in [7, 11) is 0. The highest BCUT2D eigenvalue weighted by Gasteiger charge is 2.10. The summed E-state index contributed by atoms with van der Waals surface area (Å²) in [5.74, 6) is 0.785. The third kappa shape index (κ3) is 4.03. The lowest BCUT2D eigenvalue weighted by Gasteiger charge is -2.13. The van der Waals surface area contributed by atoms with Crippen molar-refractivity contribution in [3.63, 3.8) is 0 Å². The molecule has 0 radical (unpaired) electrons. The minimum atomic E-state index is -0.332. The second-order valence-corrected chi connectivity index (χ2v) is 5.21. The Morgan fingerprint density at radius 3 is 2.86 bits per heavy atom. The summed E-state index contributed by atoms with van der Waals surface area (Å²) in [6.07, 6.45) is 1.10. The number of aromatic nitrogens is 1. The van der Waals surface area contributed by atoms with E-state index in [1.807, 2.05) is 44.2 Å². The van der Waals surface area contributed by atoms with Gasteiger partial charge in [0.25, 0.3) is 0 Å². The van der Waals surface area contributed by atoms with Gasteiger partial charge < -0.3 is 4.74 Å². The molecule has 1 aromatic carbocycles. The molecule has 0 aliphatic carbocycles. The molecule has 0 aliphatic rings. The zero-order valence-corrected chi connectivity index (χ0v) is 12.5. The first-order valence-electron chi connectivity index (χ1n) is 7.06. The van der Waals surface area contributed by atoms with Crippen molar-refractivity contribution in [1.29, 1.82) is 0 Å². The Morgan fingerprint density at radius 1 is 1.33 bits per heavy atom. The summed E-state index contributed by atoms with van der Waals surface area (Å²) >= 11 is 0. The fourth-order valence-electron chi connectivity index (χ4n) is 2.17. The molecule has 4 nitrogen and oxygen atoms in total. The Balaban J connectivity index is 1.98. The van der Waals surface area contributed by atoms with Crippen molar-refractivity contribution in [1.82, 2.24) is 4.98 Å². The number of pyridine rings is 1. The second kappa shape index (κ2) is 7.20. The van der Waals surface area contributed by atoms with Crippen LogP contribution in [0.15, 0.2) is 42.5 Å². The third-order valence-corrected chi connectivity index (χ3v) is 3.37. The number of benzene rings is 1. The fourth-order valence-corrected chi connectivity index (χ4v) is 2.17. The molecule has 0 saturated carbocycles. The highest BCUT2D eigenvalue weighted by atomic mass is 17.1. The number of ether oxygens (including phenoxy) is 1. The fraction of sp³-hybridized carbons (Fsp3) is 0.353. The number of para-hydroxylation sites is 1. The van der Waals surface area contributed by atoms with Gasteiger partial charge in [-0.3, -0.25) is 5.26 Å². The normalized spacial score (nSPS) is 12.3. The molecule has 21 heavy (non-hydrogen) atoms. The maximum absolute atomic E-state index is 8.77. The van der Waals surface area contributed by atoms with E-state index < -0.39 is 0 Å². The predicted octanol–water partition coefficient (Wildman–Crippen LogP) is 4.14. The van der Waals surface area contributed by atoms with Crippen LogP contribution in [0.5, 0.6) is 5.75 Å². The van der Waals surface area contributed by atoms with Gasteiger partial charge in [0.05, 0.1) is 6.61 Å². The average molecular weight is 287 g/mol. The Bertz CT molecular complexity index is 624. The van der Waals surface area contributed by atoms with Crippen molar-refractivity contribution in [3.05, 3.63) is 48.2 Å². The van der Waals surface area contributed by atoms with E-state index in [1.54, 1.807) is 0 Å². The van der Waals surface area contributed by atoms with Crippen molar-refractivity contribution in [2.45, 2.75) is 32.8 Å². The van der Waals surface area contributed by atoms with Gasteiger partial charge in [-0.2, -0.15) is 0 Å². The molecule has 1 aromatic heterocycles. The lowest BCUT2D eigenvalue weighted by molar-refractivity contribution is -0.269. The van der Waals surface area contributed by atoms with Gasteiger partial charge in [0, 0.05) is 11.1 Å². The first-order chi connectivity index (χ1) is 10.1. The van der Waals surface area contributed by atoms with Gasteiger partial charge in [-0.05, 0) is 44.4 Å². The molecule has 2 aromatic rings. The lowest BCUT2D eigenvalue weighted by Crippen LogP contribution is -2.13. The number of hydrogen-bond donors (Lipinski definition) is 1. The summed E-state index contributed by atoms with van der Waals surface area (Å²) in [6, 6.07) is 9.94. The van der Waals surface area contributed by atoms with Crippen LogP contribution in [0.2, 0.25) is 0 Å². The van der Waals surface area contributed by atoms with Crippen LogP contribution in [0, 0.1) is 6.92 Å². The summed E-state index contributed by atoms with van der Waals surface area (Å²) in [5, 5.41) is 9.84. The van der Waals surface area contributed by atoms with E-state index in [9.17, 15) is 0 Å². The Kier molecular flexibility index (Phi) is 5.31. The molecule has 1 heterocycles. The molecular weight excluding hydrogens is 266 g/mol. The van der Waals surface area contributed by atoms with Crippen LogP contribution in [-0.4, -0.2) is 23.0 Å². The number of nitrogens with zero attached hydrogens (tertiary/aromatic N) is 1. The second-order valence-electron chi connectivity index (χ2n) is 5.21. The lowest BCUT2D eigenvalue weighted by atomic mass is 10.1.